The molecule has 1 unspecified atom stereocenters. The lowest BCUT2D eigenvalue weighted by molar-refractivity contribution is 0.0593. The Balaban J connectivity index is 2.41. The molecule has 0 aliphatic heterocycles. The summed E-state index contributed by atoms with van der Waals surface area (Å²) < 4.78 is 18.5. The number of esters is 1. The Hall–Kier alpha value is -2.21. The molecule has 1 heterocycles. The normalized spacial score (nSPS) is 11.9. The Bertz CT molecular complexity index is 725. The molecule has 5 nitrogen and oxygen atoms in total. The lowest BCUT2D eigenvalue weighted by atomic mass is 10.0. The van der Waals surface area contributed by atoms with Crippen LogP contribution in [0.2, 0.25) is 5.02 Å². The number of ether oxygens (including phenoxy) is 1. The highest BCUT2D eigenvalue weighted by molar-refractivity contribution is 6.31. The van der Waals surface area contributed by atoms with Crippen LogP contribution < -0.4 is 4.90 Å². The summed E-state index contributed by atoms with van der Waals surface area (Å²) in [7, 11) is 1.29. The molecule has 0 radical (unpaired) electrons. The van der Waals surface area contributed by atoms with Crippen molar-refractivity contribution < 1.29 is 13.9 Å². The molecule has 2 rings (SSSR count). The highest BCUT2D eigenvalue weighted by Crippen LogP contribution is 2.34. The topological polar surface area (TPSA) is 55.3 Å². The Morgan fingerprint density at radius 2 is 2.08 bits per heavy atom. The van der Waals surface area contributed by atoms with Gasteiger partial charge in [0.2, 0.25) is 0 Å². The van der Waals surface area contributed by atoms with E-state index in [0.29, 0.717) is 24.3 Å². The van der Waals surface area contributed by atoms with Crippen LogP contribution in [0.5, 0.6) is 0 Å². The van der Waals surface area contributed by atoms with Crippen molar-refractivity contribution in [2.24, 2.45) is 0 Å². The smallest absolute Gasteiger partial charge is 0.358 e. The summed E-state index contributed by atoms with van der Waals surface area (Å²) in [5.74, 6) is -0.385. The molecule has 2 aromatic rings. The second kappa shape index (κ2) is 8.76. The molecule has 0 N–H and O–H groups in total. The number of aromatic nitrogens is 2. The molecule has 1 aromatic heterocycles. The van der Waals surface area contributed by atoms with E-state index in [1.807, 2.05) is 24.8 Å². The number of benzene rings is 1. The number of carbonyl (C=O) groups excluding carboxylic acids is 1. The van der Waals surface area contributed by atoms with Crippen LogP contribution in [0.1, 0.15) is 48.8 Å². The predicted octanol–water partition coefficient (Wildman–Crippen LogP) is 4.42. The Labute approximate surface area is 151 Å². The van der Waals surface area contributed by atoms with Crippen molar-refractivity contribution in [2.45, 2.75) is 32.7 Å². The summed E-state index contributed by atoms with van der Waals surface area (Å²) >= 11 is 6.19. The maximum Gasteiger partial charge on any atom is 0.358 e. The molecule has 0 aliphatic rings. The van der Waals surface area contributed by atoms with Crippen molar-refractivity contribution in [3.63, 3.8) is 0 Å². The molecule has 7 heteroatoms. The van der Waals surface area contributed by atoms with E-state index in [4.69, 9.17) is 11.6 Å². The Kier molecular flexibility index (Phi) is 6.70. The zero-order chi connectivity index (χ0) is 18.4. The van der Waals surface area contributed by atoms with Crippen LogP contribution in [-0.4, -0.2) is 29.6 Å². The molecule has 0 bridgehead atoms. The van der Waals surface area contributed by atoms with Crippen LogP contribution in [-0.2, 0) is 4.74 Å². The first-order valence-electron chi connectivity index (χ1n) is 8.14. The van der Waals surface area contributed by atoms with E-state index in [2.05, 4.69) is 14.7 Å². The maximum atomic E-state index is 13.9. The minimum Gasteiger partial charge on any atom is -0.464 e. The van der Waals surface area contributed by atoms with E-state index in [1.54, 1.807) is 6.07 Å². The second-order valence-electron chi connectivity index (χ2n) is 5.51. The van der Waals surface area contributed by atoms with Crippen molar-refractivity contribution in [2.75, 3.05) is 18.6 Å². The average molecular weight is 366 g/mol. The van der Waals surface area contributed by atoms with Gasteiger partial charge >= 0.3 is 5.97 Å². The van der Waals surface area contributed by atoms with Gasteiger partial charge in [0.15, 0.2) is 5.69 Å². The Morgan fingerprint density at radius 3 is 2.64 bits per heavy atom. The van der Waals surface area contributed by atoms with E-state index in [1.165, 1.54) is 25.6 Å². The second-order valence-corrected chi connectivity index (χ2v) is 5.89. The number of hydrogen-bond donors (Lipinski definition) is 0. The number of nitrogens with zero attached hydrogens (tertiary/aromatic N) is 3. The van der Waals surface area contributed by atoms with Crippen LogP contribution >= 0.6 is 11.6 Å². The van der Waals surface area contributed by atoms with Gasteiger partial charge < -0.3 is 9.64 Å². The molecule has 134 valence electrons. The fourth-order valence-corrected chi connectivity index (χ4v) is 2.99. The molecule has 25 heavy (non-hydrogen) atoms. The van der Waals surface area contributed by atoms with Gasteiger partial charge in [0.1, 0.15) is 11.6 Å². The zero-order valence-corrected chi connectivity index (χ0v) is 15.3. The molecule has 0 saturated heterocycles. The van der Waals surface area contributed by atoms with Gasteiger partial charge in [-0.15, -0.1) is 0 Å². The highest BCUT2D eigenvalue weighted by atomic mass is 35.5. The first-order chi connectivity index (χ1) is 12.0. The van der Waals surface area contributed by atoms with Crippen molar-refractivity contribution in [3.8, 4) is 0 Å². The van der Waals surface area contributed by atoms with Crippen molar-refractivity contribution in [1.82, 2.24) is 9.97 Å². The predicted molar refractivity (Wildman–Crippen MR) is 95.5 cm³/mol. The molecule has 0 saturated carbocycles. The van der Waals surface area contributed by atoms with Gasteiger partial charge in [0.25, 0.3) is 0 Å². The van der Waals surface area contributed by atoms with E-state index >= 15 is 0 Å². The average Bonchev–Trinajstić information content (AvgIpc) is 2.64. The lowest BCUT2D eigenvalue weighted by Gasteiger charge is -2.32. The monoisotopic (exact) mass is 365 g/mol. The van der Waals surface area contributed by atoms with E-state index < -0.39 is 11.8 Å². The van der Waals surface area contributed by atoms with Gasteiger partial charge in [-0.2, -0.15) is 0 Å². The fourth-order valence-electron chi connectivity index (χ4n) is 2.74. The van der Waals surface area contributed by atoms with Crippen LogP contribution in [0.4, 0.5) is 10.2 Å². The highest BCUT2D eigenvalue weighted by Gasteiger charge is 2.23. The molecule has 0 aliphatic carbocycles. The molecule has 1 aromatic carbocycles. The standard InChI is InChI=1S/C18H21ClFN3O2/c1-4-9-23(16-11-21-14(10-22-16)18(24)25-3)15(5-2)12-7-6-8-13(20)17(12)19/h6-8,10-11,15H,4-5,9H2,1-3H3. The van der Waals surface area contributed by atoms with Gasteiger partial charge in [-0.3, -0.25) is 0 Å². The molecular formula is C18H21ClFN3O2. The minimum absolute atomic E-state index is 0.120. The number of carbonyl (C=O) groups is 1. The summed E-state index contributed by atoms with van der Waals surface area (Å²) in [6.45, 7) is 4.74. The number of hydrogen-bond acceptors (Lipinski definition) is 5. The number of halogens is 2. The van der Waals surface area contributed by atoms with Crippen LogP contribution in [0, 0.1) is 5.82 Å². The SMILES string of the molecule is CCCN(c1cnc(C(=O)OC)cn1)C(CC)c1cccc(F)c1Cl. The number of methoxy groups -OCH3 is 1. The van der Waals surface area contributed by atoms with E-state index in [-0.39, 0.29) is 16.8 Å². The van der Waals surface area contributed by atoms with Gasteiger partial charge in [-0.25, -0.2) is 19.2 Å². The summed E-state index contributed by atoms with van der Waals surface area (Å²) in [4.78, 5) is 22.0. The number of anilines is 1. The third-order valence-electron chi connectivity index (χ3n) is 3.89. The van der Waals surface area contributed by atoms with Gasteiger partial charge in [0.05, 0.1) is 30.6 Å². The van der Waals surface area contributed by atoms with Crippen LogP contribution in [0.25, 0.3) is 0 Å². The molecule has 0 spiro atoms. The van der Waals surface area contributed by atoms with Crippen molar-refractivity contribution in [3.05, 3.63) is 52.7 Å². The quantitative estimate of drug-likeness (QED) is 0.679. The van der Waals surface area contributed by atoms with Crippen LogP contribution in [0.15, 0.2) is 30.6 Å². The van der Waals surface area contributed by atoms with Gasteiger partial charge in [0, 0.05) is 6.54 Å². The third-order valence-corrected chi connectivity index (χ3v) is 4.29. The van der Waals surface area contributed by atoms with Crippen molar-refractivity contribution in [1.29, 1.82) is 0 Å². The first kappa shape index (κ1) is 19.1. The zero-order valence-electron chi connectivity index (χ0n) is 14.5. The largest absolute Gasteiger partial charge is 0.464 e. The van der Waals surface area contributed by atoms with E-state index in [9.17, 15) is 9.18 Å². The summed E-state index contributed by atoms with van der Waals surface area (Å²) in [5.41, 5.74) is 0.844. The minimum atomic E-state index is -0.540. The first-order valence-corrected chi connectivity index (χ1v) is 8.52. The summed E-state index contributed by atoms with van der Waals surface area (Å²) in [5, 5.41) is 0.120. The maximum absolute atomic E-state index is 13.9. The number of rotatable bonds is 7. The third kappa shape index (κ3) is 4.25. The molecule has 0 amide bonds. The molecular weight excluding hydrogens is 345 g/mol. The van der Waals surface area contributed by atoms with Crippen LogP contribution in [0.3, 0.4) is 0 Å². The summed E-state index contributed by atoms with van der Waals surface area (Å²) in [6, 6.07) is 4.66. The van der Waals surface area contributed by atoms with E-state index in [0.717, 1.165) is 6.42 Å². The van der Waals surface area contributed by atoms with Gasteiger partial charge in [-0.1, -0.05) is 37.6 Å². The van der Waals surface area contributed by atoms with Crippen molar-refractivity contribution >= 4 is 23.4 Å². The molecule has 1 atom stereocenters. The molecule has 0 fully saturated rings. The van der Waals surface area contributed by atoms with Gasteiger partial charge in [-0.05, 0) is 24.5 Å². The Morgan fingerprint density at radius 1 is 1.32 bits per heavy atom. The summed E-state index contributed by atoms with van der Waals surface area (Å²) in [6.07, 6.45) is 4.48. The fraction of sp³-hybridized carbons (Fsp3) is 0.389. The lowest BCUT2D eigenvalue weighted by Crippen LogP contribution is -2.30.